The number of terminal acetylenes is 1. The van der Waals surface area contributed by atoms with Gasteiger partial charge in [0.15, 0.2) is 17.5 Å². The van der Waals surface area contributed by atoms with E-state index in [4.69, 9.17) is 11.5 Å². The van der Waals surface area contributed by atoms with Crippen LogP contribution in [0.3, 0.4) is 0 Å². The molecule has 0 fully saturated rings. The highest BCUT2D eigenvalue weighted by molar-refractivity contribution is 5.92. The van der Waals surface area contributed by atoms with Crippen molar-refractivity contribution in [1.82, 2.24) is 4.90 Å². The molecule has 0 aromatic heterocycles. The smallest absolute Gasteiger partial charge is 0.317 e. The number of nitrogens with zero attached hydrogens (tertiary/aromatic N) is 1. The Morgan fingerprint density at radius 2 is 1.90 bits per heavy atom. The molecule has 0 aliphatic heterocycles. The zero-order valence-corrected chi connectivity index (χ0v) is 10.7. The van der Waals surface area contributed by atoms with Gasteiger partial charge in [-0.25, -0.2) is 13.2 Å². The third-order valence-electron chi connectivity index (χ3n) is 2.35. The second-order valence-electron chi connectivity index (χ2n) is 4.01. The molecule has 0 saturated heterocycles. The van der Waals surface area contributed by atoms with Crippen molar-refractivity contribution < 1.29 is 27.9 Å². The molecule has 1 amide bonds. The van der Waals surface area contributed by atoms with Crippen LogP contribution in [0.15, 0.2) is 12.1 Å². The van der Waals surface area contributed by atoms with Gasteiger partial charge in [0.2, 0.25) is 5.91 Å². The number of nitrogens with one attached hydrogen (secondary N) is 1. The molecule has 0 radical (unpaired) electrons. The molecule has 112 valence electrons. The van der Waals surface area contributed by atoms with E-state index in [0.717, 1.165) is 11.0 Å². The van der Waals surface area contributed by atoms with E-state index < -0.39 is 48.1 Å². The van der Waals surface area contributed by atoms with Crippen molar-refractivity contribution in [3.63, 3.8) is 0 Å². The number of hydrogen-bond donors (Lipinski definition) is 2. The van der Waals surface area contributed by atoms with Gasteiger partial charge >= 0.3 is 5.97 Å². The number of carbonyl (C=O) groups excluding carboxylic acids is 1. The molecular formula is C13H11F3N2O3. The first-order valence-corrected chi connectivity index (χ1v) is 5.66. The van der Waals surface area contributed by atoms with E-state index >= 15 is 0 Å². The van der Waals surface area contributed by atoms with Crippen LogP contribution in [0.1, 0.15) is 0 Å². The third-order valence-corrected chi connectivity index (χ3v) is 2.35. The predicted molar refractivity (Wildman–Crippen MR) is 67.9 cm³/mol. The molecule has 0 heterocycles. The summed E-state index contributed by atoms with van der Waals surface area (Å²) in [4.78, 5) is 23.3. The Morgan fingerprint density at radius 1 is 1.24 bits per heavy atom. The van der Waals surface area contributed by atoms with Crippen LogP contribution in [-0.4, -0.2) is 41.5 Å². The first-order chi connectivity index (χ1) is 9.85. The summed E-state index contributed by atoms with van der Waals surface area (Å²) in [6.07, 6.45) is 5.03. The van der Waals surface area contributed by atoms with Crippen molar-refractivity contribution in [3.05, 3.63) is 29.6 Å². The summed E-state index contributed by atoms with van der Waals surface area (Å²) in [6, 6.07) is 1.51. The minimum absolute atomic E-state index is 0.111. The second-order valence-corrected chi connectivity index (χ2v) is 4.01. The lowest BCUT2D eigenvalue weighted by atomic mass is 10.2. The van der Waals surface area contributed by atoms with E-state index in [1.807, 2.05) is 5.32 Å². The van der Waals surface area contributed by atoms with Gasteiger partial charge in [0.1, 0.15) is 0 Å². The maximum Gasteiger partial charge on any atom is 0.317 e. The first kappa shape index (κ1) is 16.5. The number of carbonyl (C=O) groups is 2. The van der Waals surface area contributed by atoms with E-state index in [1.165, 1.54) is 0 Å². The molecule has 0 aliphatic carbocycles. The van der Waals surface area contributed by atoms with Crippen molar-refractivity contribution in [1.29, 1.82) is 0 Å². The standard InChI is InChI=1S/C13H11F3N2O3/c1-2-5-18(7-11(20)21)6-10(19)17-9-4-3-8(14)12(15)13(9)16/h1,3-4H,5-7H2,(H,17,19)(H,20,21). The van der Waals surface area contributed by atoms with Crippen LogP contribution in [0.2, 0.25) is 0 Å². The Bertz CT molecular complexity index is 599. The first-order valence-electron chi connectivity index (χ1n) is 5.66. The van der Waals surface area contributed by atoms with Crippen molar-refractivity contribution in [2.45, 2.75) is 0 Å². The lowest BCUT2D eigenvalue weighted by Gasteiger charge is -2.17. The van der Waals surface area contributed by atoms with Crippen LogP contribution in [-0.2, 0) is 9.59 Å². The molecule has 5 nitrogen and oxygen atoms in total. The van der Waals surface area contributed by atoms with Gasteiger partial charge in [-0.1, -0.05) is 5.92 Å². The van der Waals surface area contributed by atoms with Crippen LogP contribution in [0.5, 0.6) is 0 Å². The number of amides is 1. The van der Waals surface area contributed by atoms with Crippen LogP contribution in [0.4, 0.5) is 18.9 Å². The lowest BCUT2D eigenvalue weighted by molar-refractivity contribution is -0.138. The van der Waals surface area contributed by atoms with Crippen LogP contribution in [0.25, 0.3) is 0 Å². The molecule has 21 heavy (non-hydrogen) atoms. The van der Waals surface area contributed by atoms with E-state index in [9.17, 15) is 22.8 Å². The summed E-state index contributed by atoms with van der Waals surface area (Å²) in [5.41, 5.74) is -0.546. The van der Waals surface area contributed by atoms with Crippen molar-refractivity contribution in [2.75, 3.05) is 25.0 Å². The molecule has 1 rings (SSSR count). The number of halogens is 3. The molecule has 0 unspecified atom stereocenters. The Labute approximate surface area is 118 Å². The summed E-state index contributed by atoms with van der Waals surface area (Å²) in [7, 11) is 0. The number of carboxylic acid groups (broad SMARTS) is 1. The van der Waals surface area contributed by atoms with Gasteiger partial charge in [-0.2, -0.15) is 0 Å². The van der Waals surface area contributed by atoms with E-state index in [2.05, 4.69) is 5.92 Å². The predicted octanol–water partition coefficient (Wildman–Crippen LogP) is 1.06. The average Bonchev–Trinajstić information content (AvgIpc) is 2.39. The number of carboxylic acids is 1. The number of benzene rings is 1. The Hall–Kier alpha value is -2.53. The fourth-order valence-electron chi connectivity index (χ4n) is 1.50. The minimum Gasteiger partial charge on any atom is -0.480 e. The Morgan fingerprint density at radius 3 is 2.48 bits per heavy atom. The molecular weight excluding hydrogens is 289 g/mol. The molecule has 0 spiro atoms. The molecule has 0 atom stereocenters. The number of hydrogen-bond acceptors (Lipinski definition) is 3. The SMILES string of the molecule is C#CCN(CC(=O)O)CC(=O)Nc1ccc(F)c(F)c1F. The van der Waals surface area contributed by atoms with Crippen molar-refractivity contribution >= 4 is 17.6 Å². The van der Waals surface area contributed by atoms with Crippen molar-refractivity contribution in [2.24, 2.45) is 0 Å². The highest BCUT2D eigenvalue weighted by Gasteiger charge is 2.17. The van der Waals surface area contributed by atoms with Crippen molar-refractivity contribution in [3.8, 4) is 12.3 Å². The van der Waals surface area contributed by atoms with Gasteiger partial charge in [0, 0.05) is 0 Å². The lowest BCUT2D eigenvalue weighted by Crippen LogP contribution is -2.37. The maximum atomic E-state index is 13.3. The number of anilines is 1. The molecule has 8 heteroatoms. The maximum absolute atomic E-state index is 13.3. The van der Waals surface area contributed by atoms with Gasteiger partial charge in [0.05, 0.1) is 25.3 Å². The quantitative estimate of drug-likeness (QED) is 0.609. The normalized spacial score (nSPS) is 10.2. The van der Waals surface area contributed by atoms with Gasteiger partial charge in [-0.15, -0.1) is 6.42 Å². The largest absolute Gasteiger partial charge is 0.480 e. The summed E-state index contributed by atoms with van der Waals surface area (Å²) in [6.45, 7) is -1.03. The highest BCUT2D eigenvalue weighted by Crippen LogP contribution is 2.19. The van der Waals surface area contributed by atoms with E-state index in [1.54, 1.807) is 0 Å². The molecule has 2 N–H and O–H groups in total. The summed E-state index contributed by atoms with van der Waals surface area (Å²) < 4.78 is 39.1. The zero-order chi connectivity index (χ0) is 16.0. The molecule has 0 saturated carbocycles. The molecule has 0 bridgehead atoms. The summed E-state index contributed by atoms with van der Waals surface area (Å²) >= 11 is 0. The molecule has 1 aromatic carbocycles. The highest BCUT2D eigenvalue weighted by atomic mass is 19.2. The summed E-state index contributed by atoms with van der Waals surface area (Å²) in [5, 5.41) is 10.6. The van der Waals surface area contributed by atoms with Gasteiger partial charge in [-0.3, -0.25) is 14.5 Å². The van der Waals surface area contributed by atoms with Crippen LogP contribution >= 0.6 is 0 Å². The van der Waals surface area contributed by atoms with E-state index in [-0.39, 0.29) is 6.54 Å². The molecule has 0 aliphatic rings. The van der Waals surface area contributed by atoms with Gasteiger partial charge in [-0.05, 0) is 12.1 Å². The third kappa shape index (κ3) is 4.81. The fraction of sp³-hybridized carbons (Fsp3) is 0.231. The fourth-order valence-corrected chi connectivity index (χ4v) is 1.50. The van der Waals surface area contributed by atoms with Gasteiger partial charge < -0.3 is 10.4 Å². The average molecular weight is 300 g/mol. The second kappa shape index (κ2) is 7.31. The minimum atomic E-state index is -1.71. The summed E-state index contributed by atoms with van der Waals surface area (Å²) in [5.74, 6) is -4.47. The zero-order valence-electron chi connectivity index (χ0n) is 10.7. The molecule has 1 aromatic rings. The monoisotopic (exact) mass is 300 g/mol. The topological polar surface area (TPSA) is 69.6 Å². The Kier molecular flexibility index (Phi) is 5.75. The van der Waals surface area contributed by atoms with E-state index in [0.29, 0.717) is 6.07 Å². The number of aliphatic carboxylic acids is 1. The van der Waals surface area contributed by atoms with Crippen LogP contribution < -0.4 is 5.32 Å². The van der Waals surface area contributed by atoms with Crippen LogP contribution in [0, 0.1) is 29.8 Å². The van der Waals surface area contributed by atoms with Gasteiger partial charge in [0.25, 0.3) is 0 Å². The number of rotatable bonds is 6. The Balaban J connectivity index is 2.75.